The molecule has 0 saturated carbocycles. The normalized spacial score (nSPS) is 12.5. The van der Waals surface area contributed by atoms with Crippen LogP contribution in [0, 0.1) is 12.7 Å². The maximum absolute atomic E-state index is 13.3. The number of aryl methyl sites for hydroxylation is 1. The van der Waals surface area contributed by atoms with Gasteiger partial charge in [0, 0.05) is 10.4 Å². The van der Waals surface area contributed by atoms with Crippen LogP contribution in [0.25, 0.3) is 0 Å². The van der Waals surface area contributed by atoms with E-state index in [-0.39, 0.29) is 11.9 Å². The summed E-state index contributed by atoms with van der Waals surface area (Å²) >= 11 is 1.57. The Hall–Kier alpha value is -1.39. The summed E-state index contributed by atoms with van der Waals surface area (Å²) in [5.74, 6) is 0.317. The van der Waals surface area contributed by atoms with Gasteiger partial charge in [0.15, 0.2) is 0 Å². The number of halogens is 1. The smallest absolute Gasteiger partial charge is 0.124 e. The molecule has 1 aromatic heterocycles. The van der Waals surface area contributed by atoms with Crippen LogP contribution in [0.5, 0.6) is 5.75 Å². The number of hydrogen-bond donors (Lipinski definition) is 1. The molecule has 0 spiro atoms. The van der Waals surface area contributed by atoms with Crippen molar-refractivity contribution in [1.82, 2.24) is 0 Å². The maximum atomic E-state index is 13.3. The van der Waals surface area contributed by atoms with Gasteiger partial charge in [0.2, 0.25) is 0 Å². The summed E-state index contributed by atoms with van der Waals surface area (Å²) < 4.78 is 18.5. The third-order valence-electron chi connectivity index (χ3n) is 2.71. The summed E-state index contributed by atoms with van der Waals surface area (Å²) in [5, 5.41) is 1.98. The standard InChI is InChI=1S/C13H14FNOS/c1-8-5-6-17-13(8)12(15)10-7-9(14)3-4-11(10)16-2/h3-7,12H,15H2,1-2H3. The van der Waals surface area contributed by atoms with E-state index in [1.54, 1.807) is 24.5 Å². The van der Waals surface area contributed by atoms with E-state index in [0.29, 0.717) is 11.3 Å². The van der Waals surface area contributed by atoms with Crippen molar-refractivity contribution in [3.8, 4) is 5.75 Å². The number of ether oxygens (including phenoxy) is 1. The lowest BCUT2D eigenvalue weighted by Crippen LogP contribution is -2.13. The minimum Gasteiger partial charge on any atom is -0.496 e. The van der Waals surface area contributed by atoms with Gasteiger partial charge in [-0.2, -0.15) is 0 Å². The number of methoxy groups -OCH3 is 1. The molecule has 0 aliphatic carbocycles. The minimum atomic E-state index is -0.347. The highest BCUT2D eigenvalue weighted by molar-refractivity contribution is 7.10. The number of rotatable bonds is 3. The first-order valence-corrected chi connectivity index (χ1v) is 6.14. The second kappa shape index (κ2) is 4.85. The third-order valence-corrected chi connectivity index (χ3v) is 3.81. The Morgan fingerprint density at radius 1 is 1.35 bits per heavy atom. The fraction of sp³-hybridized carbons (Fsp3) is 0.231. The van der Waals surface area contributed by atoms with Gasteiger partial charge in [0.25, 0.3) is 0 Å². The van der Waals surface area contributed by atoms with Crippen molar-refractivity contribution in [2.45, 2.75) is 13.0 Å². The zero-order chi connectivity index (χ0) is 12.4. The van der Waals surface area contributed by atoms with Gasteiger partial charge < -0.3 is 10.5 Å². The highest BCUT2D eigenvalue weighted by Gasteiger charge is 2.17. The fourth-order valence-electron chi connectivity index (χ4n) is 1.79. The molecule has 90 valence electrons. The Bertz CT molecular complexity index is 524. The molecule has 1 unspecified atom stereocenters. The van der Waals surface area contributed by atoms with Gasteiger partial charge in [0.05, 0.1) is 13.2 Å². The molecule has 4 heteroatoms. The quantitative estimate of drug-likeness (QED) is 0.908. The molecule has 1 atom stereocenters. The largest absolute Gasteiger partial charge is 0.496 e. The minimum absolute atomic E-state index is 0.301. The Morgan fingerprint density at radius 2 is 2.12 bits per heavy atom. The zero-order valence-corrected chi connectivity index (χ0v) is 10.6. The van der Waals surface area contributed by atoms with Crippen LogP contribution < -0.4 is 10.5 Å². The molecule has 17 heavy (non-hydrogen) atoms. The molecule has 1 heterocycles. The zero-order valence-electron chi connectivity index (χ0n) is 9.74. The number of nitrogens with two attached hydrogens (primary N) is 1. The van der Waals surface area contributed by atoms with Crippen molar-refractivity contribution in [3.05, 3.63) is 51.5 Å². The van der Waals surface area contributed by atoms with Crippen LogP contribution in [0.1, 0.15) is 22.0 Å². The van der Waals surface area contributed by atoms with Crippen molar-refractivity contribution in [1.29, 1.82) is 0 Å². The SMILES string of the molecule is COc1ccc(F)cc1C(N)c1sccc1C. The predicted molar refractivity (Wildman–Crippen MR) is 68.0 cm³/mol. The molecule has 2 nitrogen and oxygen atoms in total. The van der Waals surface area contributed by atoms with E-state index in [2.05, 4.69) is 0 Å². The molecule has 2 N–H and O–H groups in total. The van der Waals surface area contributed by atoms with E-state index >= 15 is 0 Å². The lowest BCUT2D eigenvalue weighted by Gasteiger charge is -2.15. The second-order valence-electron chi connectivity index (χ2n) is 3.83. The molecule has 1 aromatic carbocycles. The lowest BCUT2D eigenvalue weighted by molar-refractivity contribution is 0.406. The van der Waals surface area contributed by atoms with Gasteiger partial charge in [-0.3, -0.25) is 0 Å². The van der Waals surface area contributed by atoms with E-state index in [4.69, 9.17) is 10.5 Å². The van der Waals surface area contributed by atoms with E-state index in [1.807, 2.05) is 18.4 Å². The maximum Gasteiger partial charge on any atom is 0.124 e. The molecule has 0 aliphatic rings. The van der Waals surface area contributed by atoms with E-state index < -0.39 is 0 Å². The van der Waals surface area contributed by atoms with Crippen molar-refractivity contribution < 1.29 is 9.13 Å². The van der Waals surface area contributed by atoms with Gasteiger partial charge in [-0.15, -0.1) is 11.3 Å². The average Bonchev–Trinajstić information content (AvgIpc) is 2.74. The van der Waals surface area contributed by atoms with Crippen LogP contribution in [-0.2, 0) is 0 Å². The summed E-state index contributed by atoms with van der Waals surface area (Å²) in [6.45, 7) is 2.00. The second-order valence-corrected chi connectivity index (χ2v) is 4.78. The topological polar surface area (TPSA) is 35.2 Å². The molecular weight excluding hydrogens is 237 g/mol. The first-order chi connectivity index (χ1) is 8.13. The molecular formula is C13H14FNOS. The van der Waals surface area contributed by atoms with Crippen LogP contribution in [0.2, 0.25) is 0 Å². The Labute approximate surface area is 104 Å². The van der Waals surface area contributed by atoms with Crippen LogP contribution in [0.15, 0.2) is 29.6 Å². The number of hydrogen-bond acceptors (Lipinski definition) is 3. The molecule has 0 fully saturated rings. The molecule has 0 radical (unpaired) electrons. The van der Waals surface area contributed by atoms with Crippen molar-refractivity contribution in [2.24, 2.45) is 5.73 Å². The summed E-state index contributed by atoms with van der Waals surface area (Å²) in [6, 6.07) is 6.07. The van der Waals surface area contributed by atoms with Gasteiger partial charge in [-0.05, 0) is 42.1 Å². The van der Waals surface area contributed by atoms with E-state index in [0.717, 1.165) is 10.4 Å². The monoisotopic (exact) mass is 251 g/mol. The van der Waals surface area contributed by atoms with Gasteiger partial charge >= 0.3 is 0 Å². The van der Waals surface area contributed by atoms with Gasteiger partial charge in [-0.25, -0.2) is 4.39 Å². The van der Waals surface area contributed by atoms with Crippen LogP contribution in [0.4, 0.5) is 4.39 Å². The lowest BCUT2D eigenvalue weighted by atomic mass is 10.0. The molecule has 2 rings (SSSR count). The van der Waals surface area contributed by atoms with Gasteiger partial charge in [0.1, 0.15) is 11.6 Å². The summed E-state index contributed by atoms with van der Waals surface area (Å²) in [7, 11) is 1.56. The van der Waals surface area contributed by atoms with Crippen LogP contribution in [0.3, 0.4) is 0 Å². The molecule has 2 aromatic rings. The van der Waals surface area contributed by atoms with E-state index in [9.17, 15) is 4.39 Å². The highest BCUT2D eigenvalue weighted by Crippen LogP contribution is 2.33. The van der Waals surface area contributed by atoms with E-state index in [1.165, 1.54) is 12.1 Å². The Morgan fingerprint density at radius 3 is 2.71 bits per heavy atom. The Balaban J connectivity index is 2.46. The fourth-order valence-corrected chi connectivity index (χ4v) is 2.74. The molecule has 0 aliphatic heterocycles. The Kier molecular flexibility index (Phi) is 3.45. The summed E-state index contributed by atoms with van der Waals surface area (Å²) in [4.78, 5) is 1.04. The first-order valence-electron chi connectivity index (χ1n) is 5.26. The summed E-state index contributed by atoms with van der Waals surface area (Å²) in [5.41, 5.74) is 7.97. The van der Waals surface area contributed by atoms with Crippen molar-refractivity contribution >= 4 is 11.3 Å². The first kappa shape index (κ1) is 12.1. The highest BCUT2D eigenvalue weighted by atomic mass is 32.1. The number of benzene rings is 1. The molecule has 0 bridgehead atoms. The predicted octanol–water partition coefficient (Wildman–Crippen LogP) is 3.25. The van der Waals surface area contributed by atoms with Crippen LogP contribution in [-0.4, -0.2) is 7.11 Å². The summed E-state index contributed by atoms with van der Waals surface area (Å²) in [6.07, 6.45) is 0. The van der Waals surface area contributed by atoms with Gasteiger partial charge in [-0.1, -0.05) is 0 Å². The van der Waals surface area contributed by atoms with Crippen molar-refractivity contribution in [2.75, 3.05) is 7.11 Å². The number of thiophene rings is 1. The molecule has 0 saturated heterocycles. The van der Waals surface area contributed by atoms with Crippen molar-refractivity contribution in [3.63, 3.8) is 0 Å². The third kappa shape index (κ3) is 2.33. The molecule has 0 amide bonds. The average molecular weight is 251 g/mol. The van der Waals surface area contributed by atoms with Crippen LogP contribution >= 0.6 is 11.3 Å².